The Morgan fingerprint density at radius 2 is 2.11 bits per heavy atom. The highest BCUT2D eigenvalue weighted by Crippen LogP contribution is 2.34. The lowest BCUT2D eigenvalue weighted by molar-refractivity contribution is -0.0437. The van der Waals surface area contributed by atoms with E-state index < -0.39 is 17.7 Å². The van der Waals surface area contributed by atoms with Crippen LogP contribution in [0.25, 0.3) is 10.9 Å². The van der Waals surface area contributed by atoms with Crippen molar-refractivity contribution in [3.8, 4) is 11.5 Å². The number of amides is 1. The summed E-state index contributed by atoms with van der Waals surface area (Å²) in [5, 5.41) is 3.34. The number of nitrogens with one attached hydrogen (secondary N) is 2. The topological polar surface area (TPSA) is 96.5 Å². The molecule has 182 valence electrons. The number of aromatic nitrogens is 2. The monoisotopic (exact) mass is 482 g/mol. The number of carbonyl (C=O) groups excluding carboxylic acids is 1. The molecule has 0 bridgehead atoms. The SMILES string of the molecule is C[C@@H]1C(Oc2ccc(C(=O)NC3CC3)nc2F)CN1Cc1ccc2c3c(c(=O)[nH]c2c1F)CCO3. The maximum Gasteiger partial charge on any atom is 0.270 e. The molecule has 1 saturated carbocycles. The summed E-state index contributed by atoms with van der Waals surface area (Å²) < 4.78 is 41.1. The summed E-state index contributed by atoms with van der Waals surface area (Å²) in [7, 11) is 0. The van der Waals surface area contributed by atoms with Gasteiger partial charge in [-0.25, -0.2) is 9.37 Å². The van der Waals surface area contributed by atoms with Gasteiger partial charge < -0.3 is 19.8 Å². The van der Waals surface area contributed by atoms with Crippen LogP contribution >= 0.6 is 0 Å². The highest BCUT2D eigenvalue weighted by Gasteiger charge is 2.38. The Morgan fingerprint density at radius 1 is 1.29 bits per heavy atom. The number of fused-ring (bicyclic) bond motifs is 3. The van der Waals surface area contributed by atoms with Gasteiger partial charge in [-0.05, 0) is 38.0 Å². The molecule has 1 unspecified atom stereocenters. The minimum atomic E-state index is -0.835. The first-order valence-corrected chi connectivity index (χ1v) is 11.8. The Bertz CT molecular complexity index is 1400. The molecule has 1 amide bonds. The number of hydrogen-bond donors (Lipinski definition) is 2. The fraction of sp³-hybridized carbons (Fsp3) is 0.400. The van der Waals surface area contributed by atoms with Gasteiger partial charge in [0.05, 0.1) is 17.7 Å². The average molecular weight is 482 g/mol. The molecule has 2 N–H and O–H groups in total. The van der Waals surface area contributed by atoms with Gasteiger partial charge in [0.25, 0.3) is 17.4 Å². The standard InChI is InChI=1S/C25H24F2N4O4/c1-12-19(35-18-7-6-17(29-23(18)27)25(33)28-14-3-4-14)11-31(12)10-13-2-5-15-21(20(13)26)30-24(32)16-8-9-34-22(15)16/h2,5-7,12,14,19H,3-4,8-11H2,1H3,(H,28,33)(H,30,32)/t12-,19?/m1/s1. The quantitative estimate of drug-likeness (QED) is 0.525. The Balaban J connectivity index is 1.13. The van der Waals surface area contributed by atoms with Crippen LogP contribution in [0, 0.1) is 11.8 Å². The van der Waals surface area contributed by atoms with Gasteiger partial charge in [-0.15, -0.1) is 0 Å². The highest BCUT2D eigenvalue weighted by atomic mass is 19.1. The predicted octanol–water partition coefficient (Wildman–Crippen LogP) is 2.68. The zero-order valence-electron chi connectivity index (χ0n) is 19.1. The molecule has 0 radical (unpaired) electrons. The lowest BCUT2D eigenvalue weighted by atomic mass is 9.98. The molecule has 2 atom stereocenters. The van der Waals surface area contributed by atoms with E-state index >= 15 is 4.39 Å². The molecule has 35 heavy (non-hydrogen) atoms. The van der Waals surface area contributed by atoms with Crippen molar-refractivity contribution >= 4 is 16.8 Å². The van der Waals surface area contributed by atoms with Gasteiger partial charge in [0.2, 0.25) is 0 Å². The molecule has 3 aliphatic rings. The zero-order chi connectivity index (χ0) is 24.3. The summed E-state index contributed by atoms with van der Waals surface area (Å²) >= 11 is 0. The minimum Gasteiger partial charge on any atom is -0.492 e. The lowest BCUT2D eigenvalue weighted by Gasteiger charge is -2.45. The largest absolute Gasteiger partial charge is 0.492 e. The van der Waals surface area contributed by atoms with Crippen LogP contribution < -0.4 is 20.3 Å². The normalized spacial score (nSPS) is 21.3. The maximum absolute atomic E-state index is 15.3. The van der Waals surface area contributed by atoms with Gasteiger partial charge in [0.15, 0.2) is 11.6 Å². The number of ether oxygens (including phenoxy) is 2. The number of hydrogen-bond acceptors (Lipinski definition) is 6. The van der Waals surface area contributed by atoms with E-state index in [4.69, 9.17) is 9.47 Å². The first kappa shape index (κ1) is 22.0. The van der Waals surface area contributed by atoms with Crippen molar-refractivity contribution < 1.29 is 23.0 Å². The summed E-state index contributed by atoms with van der Waals surface area (Å²) in [6, 6.07) is 6.39. The van der Waals surface area contributed by atoms with Crippen molar-refractivity contribution in [3.05, 3.63) is 63.2 Å². The molecule has 8 nitrogen and oxygen atoms in total. The molecule has 0 spiro atoms. The summed E-state index contributed by atoms with van der Waals surface area (Å²) in [5.41, 5.74) is 0.840. The van der Waals surface area contributed by atoms with Gasteiger partial charge in [0.1, 0.15) is 17.5 Å². The summed E-state index contributed by atoms with van der Waals surface area (Å²) in [6.07, 6.45) is 2.08. The van der Waals surface area contributed by atoms with Crippen LogP contribution in [-0.2, 0) is 13.0 Å². The molecular weight excluding hydrogens is 458 g/mol. The second kappa shape index (κ2) is 8.30. The fourth-order valence-electron chi connectivity index (χ4n) is 4.65. The fourth-order valence-corrected chi connectivity index (χ4v) is 4.65. The van der Waals surface area contributed by atoms with E-state index in [1.54, 1.807) is 12.1 Å². The number of aromatic amines is 1. The molecule has 1 aliphatic carbocycles. The van der Waals surface area contributed by atoms with Crippen LogP contribution in [0.1, 0.15) is 41.4 Å². The van der Waals surface area contributed by atoms with E-state index in [1.165, 1.54) is 12.1 Å². The number of nitrogens with zero attached hydrogens (tertiary/aromatic N) is 2. The third kappa shape index (κ3) is 3.91. The Labute approximate surface area is 199 Å². The molecule has 2 fully saturated rings. The molecule has 1 saturated heterocycles. The van der Waals surface area contributed by atoms with Crippen molar-refractivity contribution in [2.24, 2.45) is 0 Å². The van der Waals surface area contributed by atoms with Crippen molar-refractivity contribution in [1.29, 1.82) is 0 Å². The van der Waals surface area contributed by atoms with Crippen molar-refractivity contribution in [1.82, 2.24) is 20.2 Å². The number of benzene rings is 1. The summed E-state index contributed by atoms with van der Waals surface area (Å²) in [4.78, 5) is 32.8. The van der Waals surface area contributed by atoms with Crippen LogP contribution in [0.4, 0.5) is 8.78 Å². The number of carbonyl (C=O) groups is 1. The first-order valence-electron chi connectivity index (χ1n) is 11.8. The van der Waals surface area contributed by atoms with E-state index in [-0.39, 0.29) is 40.7 Å². The molecule has 2 aliphatic heterocycles. The van der Waals surface area contributed by atoms with Gasteiger partial charge in [0, 0.05) is 42.5 Å². The van der Waals surface area contributed by atoms with Crippen LogP contribution in [-0.4, -0.2) is 52.1 Å². The molecule has 10 heteroatoms. The highest BCUT2D eigenvalue weighted by molar-refractivity contribution is 5.92. The van der Waals surface area contributed by atoms with E-state index in [1.807, 2.05) is 11.8 Å². The molecule has 3 aromatic rings. The van der Waals surface area contributed by atoms with Gasteiger partial charge >= 0.3 is 0 Å². The molecular formula is C25H24F2N4O4. The molecule has 4 heterocycles. The van der Waals surface area contributed by atoms with Crippen LogP contribution in [0.3, 0.4) is 0 Å². The third-order valence-corrected chi connectivity index (χ3v) is 6.99. The zero-order valence-corrected chi connectivity index (χ0v) is 19.1. The maximum atomic E-state index is 15.3. The Hall–Kier alpha value is -3.53. The molecule has 2 aromatic heterocycles. The lowest BCUT2D eigenvalue weighted by Crippen LogP contribution is -2.60. The van der Waals surface area contributed by atoms with Crippen LogP contribution in [0.2, 0.25) is 0 Å². The Morgan fingerprint density at radius 3 is 2.86 bits per heavy atom. The molecule has 1 aromatic carbocycles. The van der Waals surface area contributed by atoms with Crippen LogP contribution in [0.5, 0.6) is 11.5 Å². The van der Waals surface area contributed by atoms with Crippen molar-refractivity contribution in [2.75, 3.05) is 13.2 Å². The summed E-state index contributed by atoms with van der Waals surface area (Å²) in [6.45, 7) is 3.11. The number of pyridine rings is 2. The number of halogens is 2. The Kier molecular flexibility index (Phi) is 5.21. The van der Waals surface area contributed by atoms with Crippen LogP contribution in [0.15, 0.2) is 29.1 Å². The first-order chi connectivity index (χ1) is 16.9. The van der Waals surface area contributed by atoms with E-state index in [0.29, 0.717) is 48.4 Å². The molecule has 6 rings (SSSR count). The predicted molar refractivity (Wildman–Crippen MR) is 123 cm³/mol. The second-order valence-electron chi connectivity index (χ2n) is 9.38. The van der Waals surface area contributed by atoms with Crippen molar-refractivity contribution in [3.63, 3.8) is 0 Å². The van der Waals surface area contributed by atoms with Gasteiger partial charge in [-0.3, -0.25) is 14.5 Å². The average Bonchev–Trinajstić information content (AvgIpc) is 3.51. The number of likely N-dealkylation sites (tertiary alicyclic amines) is 1. The number of H-pyrrole nitrogens is 1. The summed E-state index contributed by atoms with van der Waals surface area (Å²) in [5.74, 6) is -1.26. The van der Waals surface area contributed by atoms with E-state index in [9.17, 15) is 14.0 Å². The van der Waals surface area contributed by atoms with Crippen molar-refractivity contribution in [2.45, 2.75) is 50.9 Å². The van der Waals surface area contributed by atoms with E-state index in [0.717, 1.165) is 12.8 Å². The smallest absolute Gasteiger partial charge is 0.270 e. The third-order valence-electron chi connectivity index (χ3n) is 6.99. The van der Waals surface area contributed by atoms with Gasteiger partial charge in [-0.2, -0.15) is 4.39 Å². The number of rotatable bonds is 6. The van der Waals surface area contributed by atoms with Gasteiger partial charge in [-0.1, -0.05) is 6.07 Å². The minimum absolute atomic E-state index is 0.0194. The van der Waals surface area contributed by atoms with E-state index in [2.05, 4.69) is 15.3 Å². The second-order valence-corrected chi connectivity index (χ2v) is 9.38.